The fourth-order valence-corrected chi connectivity index (χ4v) is 3.17. The average molecular weight is 423 g/mol. The molecule has 0 saturated carbocycles. The summed E-state index contributed by atoms with van der Waals surface area (Å²) in [5.74, 6) is 0.276. The van der Waals surface area contributed by atoms with Crippen molar-refractivity contribution < 1.29 is 13.5 Å². The van der Waals surface area contributed by atoms with Crippen LogP contribution < -0.4 is 10.5 Å². The highest BCUT2D eigenvalue weighted by Crippen LogP contribution is 2.27. The van der Waals surface area contributed by atoms with E-state index < -0.39 is 15.6 Å². The Labute approximate surface area is 167 Å². The lowest BCUT2D eigenvalue weighted by atomic mass is 10.1. The summed E-state index contributed by atoms with van der Waals surface area (Å²) in [4.78, 5) is 8.55. The van der Waals surface area contributed by atoms with Crippen LogP contribution in [0.2, 0.25) is 5.02 Å². The van der Waals surface area contributed by atoms with Gasteiger partial charge in [-0.2, -0.15) is 5.10 Å². The molecule has 0 spiro atoms. The van der Waals surface area contributed by atoms with Crippen LogP contribution in [0.5, 0.6) is 0 Å². The van der Waals surface area contributed by atoms with Crippen molar-refractivity contribution in [2.24, 2.45) is 5.14 Å². The minimum Gasteiger partial charge on any atom is -0.389 e. The van der Waals surface area contributed by atoms with E-state index in [1.165, 1.54) is 18.3 Å². The van der Waals surface area contributed by atoms with E-state index in [0.717, 1.165) is 0 Å². The first kappa shape index (κ1) is 20.2. The smallest absolute Gasteiger partial charge is 0.238 e. The standard InChI is InChI=1S/C17H19ClN6O3S/c1-17(2,25)10-24-9-11(7-21-24)15-14(18)8-20-16(23-15)22-12-3-5-13(6-4-12)28(19,26)27/h3-9,25H,10H2,1-2H3,(H2,19,26,27)(H,20,22,23). The maximum absolute atomic E-state index is 11.3. The fraction of sp³-hybridized carbons (Fsp3) is 0.235. The molecule has 148 valence electrons. The van der Waals surface area contributed by atoms with Crippen LogP contribution in [-0.4, -0.2) is 38.9 Å². The Hall–Kier alpha value is -2.53. The Bertz CT molecular complexity index is 1090. The van der Waals surface area contributed by atoms with Crippen LogP contribution in [0, 0.1) is 0 Å². The minimum absolute atomic E-state index is 0.00925. The minimum atomic E-state index is -3.76. The molecule has 28 heavy (non-hydrogen) atoms. The Kier molecular flexibility index (Phi) is 5.39. The molecule has 0 aliphatic rings. The van der Waals surface area contributed by atoms with E-state index in [4.69, 9.17) is 16.7 Å². The molecular formula is C17H19ClN6O3S. The van der Waals surface area contributed by atoms with Crippen molar-refractivity contribution in [1.29, 1.82) is 0 Å². The largest absolute Gasteiger partial charge is 0.389 e. The lowest BCUT2D eigenvalue weighted by Gasteiger charge is -2.16. The molecule has 0 bridgehead atoms. The normalized spacial score (nSPS) is 12.2. The lowest BCUT2D eigenvalue weighted by molar-refractivity contribution is 0.0577. The highest BCUT2D eigenvalue weighted by molar-refractivity contribution is 7.89. The highest BCUT2D eigenvalue weighted by atomic mass is 35.5. The summed E-state index contributed by atoms with van der Waals surface area (Å²) in [5, 5.41) is 22.5. The van der Waals surface area contributed by atoms with Crippen LogP contribution in [0.3, 0.4) is 0 Å². The van der Waals surface area contributed by atoms with Crippen LogP contribution in [0.25, 0.3) is 11.3 Å². The molecule has 3 aromatic rings. The first-order chi connectivity index (χ1) is 13.0. The first-order valence-electron chi connectivity index (χ1n) is 8.19. The van der Waals surface area contributed by atoms with Gasteiger partial charge in [-0.15, -0.1) is 0 Å². The Morgan fingerprint density at radius 2 is 1.93 bits per heavy atom. The molecule has 4 N–H and O–H groups in total. The molecule has 0 aliphatic heterocycles. The van der Waals surface area contributed by atoms with Crippen molar-refractivity contribution in [3.63, 3.8) is 0 Å². The number of hydrogen-bond donors (Lipinski definition) is 3. The van der Waals surface area contributed by atoms with Gasteiger partial charge in [-0.05, 0) is 38.1 Å². The summed E-state index contributed by atoms with van der Waals surface area (Å²) in [6, 6.07) is 5.88. The van der Waals surface area contributed by atoms with Crippen LogP contribution in [0.4, 0.5) is 11.6 Å². The van der Waals surface area contributed by atoms with Gasteiger partial charge in [-0.25, -0.2) is 23.5 Å². The van der Waals surface area contributed by atoms with E-state index in [1.54, 1.807) is 43.1 Å². The van der Waals surface area contributed by atoms with Gasteiger partial charge in [0.2, 0.25) is 16.0 Å². The number of benzene rings is 1. The van der Waals surface area contributed by atoms with E-state index in [2.05, 4.69) is 20.4 Å². The molecule has 0 fully saturated rings. The van der Waals surface area contributed by atoms with Gasteiger partial charge in [0.05, 0.1) is 40.2 Å². The molecule has 1 aromatic carbocycles. The zero-order valence-electron chi connectivity index (χ0n) is 15.2. The van der Waals surface area contributed by atoms with Crippen LogP contribution >= 0.6 is 11.6 Å². The summed E-state index contributed by atoms with van der Waals surface area (Å²) in [6.07, 6.45) is 4.79. The molecule has 0 amide bonds. The molecular weight excluding hydrogens is 404 g/mol. The van der Waals surface area contributed by atoms with Crippen molar-refractivity contribution in [3.8, 4) is 11.3 Å². The number of rotatable bonds is 6. The van der Waals surface area contributed by atoms with E-state index in [9.17, 15) is 13.5 Å². The Morgan fingerprint density at radius 1 is 1.25 bits per heavy atom. The zero-order valence-corrected chi connectivity index (χ0v) is 16.7. The molecule has 11 heteroatoms. The quantitative estimate of drug-likeness (QED) is 0.553. The van der Waals surface area contributed by atoms with Crippen molar-refractivity contribution >= 4 is 33.3 Å². The number of sulfonamides is 1. The molecule has 2 heterocycles. The zero-order chi connectivity index (χ0) is 20.5. The van der Waals surface area contributed by atoms with E-state index in [1.807, 2.05) is 0 Å². The second-order valence-electron chi connectivity index (χ2n) is 6.82. The Balaban J connectivity index is 1.84. The van der Waals surface area contributed by atoms with Crippen molar-refractivity contribution in [1.82, 2.24) is 19.7 Å². The van der Waals surface area contributed by atoms with Gasteiger partial charge < -0.3 is 10.4 Å². The fourth-order valence-electron chi connectivity index (χ4n) is 2.46. The predicted molar refractivity (Wildman–Crippen MR) is 106 cm³/mol. The van der Waals surface area contributed by atoms with Gasteiger partial charge in [-0.1, -0.05) is 11.6 Å². The van der Waals surface area contributed by atoms with Gasteiger partial charge in [0.25, 0.3) is 0 Å². The SMILES string of the molecule is CC(C)(O)Cn1cc(-c2nc(Nc3ccc(S(N)(=O)=O)cc3)ncc2Cl)cn1. The van der Waals surface area contributed by atoms with E-state index >= 15 is 0 Å². The van der Waals surface area contributed by atoms with Crippen molar-refractivity contribution in [2.45, 2.75) is 30.9 Å². The number of halogens is 1. The third kappa shape index (κ3) is 5.04. The maximum Gasteiger partial charge on any atom is 0.238 e. The number of primary sulfonamides is 1. The third-order valence-electron chi connectivity index (χ3n) is 3.64. The number of nitrogens with two attached hydrogens (primary N) is 1. The van der Waals surface area contributed by atoms with Crippen LogP contribution in [0.15, 0.2) is 47.8 Å². The third-order valence-corrected chi connectivity index (χ3v) is 4.84. The monoisotopic (exact) mass is 422 g/mol. The molecule has 9 nitrogen and oxygen atoms in total. The molecule has 0 unspecified atom stereocenters. The molecule has 0 saturated heterocycles. The Morgan fingerprint density at radius 3 is 2.54 bits per heavy atom. The molecule has 0 atom stereocenters. The van der Waals surface area contributed by atoms with E-state index in [-0.39, 0.29) is 10.8 Å². The first-order valence-corrected chi connectivity index (χ1v) is 10.1. The van der Waals surface area contributed by atoms with Crippen LogP contribution in [-0.2, 0) is 16.6 Å². The van der Waals surface area contributed by atoms with Crippen molar-refractivity contribution in [3.05, 3.63) is 47.9 Å². The topological polar surface area (TPSA) is 136 Å². The molecule has 2 aromatic heterocycles. The highest BCUT2D eigenvalue weighted by Gasteiger charge is 2.16. The number of hydrogen-bond acceptors (Lipinski definition) is 7. The van der Waals surface area contributed by atoms with Gasteiger partial charge in [0, 0.05) is 17.4 Å². The predicted octanol–water partition coefficient (Wildman–Crippen LogP) is 2.16. The molecule has 0 radical (unpaired) electrons. The second kappa shape index (κ2) is 7.47. The second-order valence-corrected chi connectivity index (χ2v) is 8.79. The number of aromatic nitrogens is 4. The maximum atomic E-state index is 11.3. The summed E-state index contributed by atoms with van der Waals surface area (Å²) < 4.78 is 24.3. The number of anilines is 2. The number of nitrogens with one attached hydrogen (secondary N) is 1. The molecule has 3 rings (SSSR count). The lowest BCUT2D eigenvalue weighted by Crippen LogP contribution is -2.26. The summed E-state index contributed by atoms with van der Waals surface area (Å²) in [7, 11) is -3.76. The average Bonchev–Trinajstić information content (AvgIpc) is 3.02. The summed E-state index contributed by atoms with van der Waals surface area (Å²) >= 11 is 6.23. The molecule has 0 aliphatic carbocycles. The van der Waals surface area contributed by atoms with E-state index in [0.29, 0.717) is 28.5 Å². The van der Waals surface area contributed by atoms with Crippen molar-refractivity contribution in [2.75, 3.05) is 5.32 Å². The van der Waals surface area contributed by atoms with Gasteiger partial charge in [0.15, 0.2) is 0 Å². The number of nitrogens with zero attached hydrogens (tertiary/aromatic N) is 4. The summed E-state index contributed by atoms with van der Waals surface area (Å²) in [6.45, 7) is 3.70. The van der Waals surface area contributed by atoms with Gasteiger partial charge >= 0.3 is 0 Å². The van der Waals surface area contributed by atoms with Crippen LogP contribution in [0.1, 0.15) is 13.8 Å². The number of aliphatic hydroxyl groups is 1. The summed E-state index contributed by atoms with van der Waals surface area (Å²) in [5.41, 5.74) is 0.819. The van der Waals surface area contributed by atoms with Gasteiger partial charge in [-0.3, -0.25) is 4.68 Å². The van der Waals surface area contributed by atoms with Gasteiger partial charge in [0.1, 0.15) is 0 Å².